The van der Waals surface area contributed by atoms with Gasteiger partial charge in [-0.05, 0) is 31.0 Å². The topological polar surface area (TPSA) is 59.3 Å². The number of nitrogens with zero attached hydrogens (tertiary/aromatic N) is 1. The number of benzene rings is 1. The maximum absolute atomic E-state index is 12.3. The fourth-order valence-electron chi connectivity index (χ4n) is 1.58. The van der Waals surface area contributed by atoms with Gasteiger partial charge in [0.05, 0.1) is 17.7 Å². The number of halogens is 2. The van der Waals surface area contributed by atoms with Gasteiger partial charge < -0.3 is 9.47 Å². The van der Waals surface area contributed by atoms with Crippen molar-refractivity contribution < 1.29 is 23.0 Å². The number of carbonyl (C=O) groups excluding carboxylic acids is 1. The molecule has 102 valence electrons. The van der Waals surface area contributed by atoms with E-state index in [0.717, 1.165) is 6.07 Å². The lowest BCUT2D eigenvalue weighted by atomic mass is 10.0. The van der Waals surface area contributed by atoms with Gasteiger partial charge in [0.25, 0.3) is 0 Å². The molecular formula is C13H13F2NO3. The zero-order chi connectivity index (χ0) is 14.4. The molecule has 0 spiro atoms. The van der Waals surface area contributed by atoms with Gasteiger partial charge in [-0.3, -0.25) is 0 Å². The molecular weight excluding hydrogens is 256 g/mol. The van der Waals surface area contributed by atoms with E-state index >= 15 is 0 Å². The van der Waals surface area contributed by atoms with E-state index in [4.69, 9.17) is 10.00 Å². The van der Waals surface area contributed by atoms with E-state index in [1.807, 2.05) is 0 Å². The maximum atomic E-state index is 12.3. The molecule has 0 fully saturated rings. The Kier molecular flexibility index (Phi) is 5.24. The molecule has 6 heteroatoms. The normalized spacial score (nSPS) is 10.1. The monoisotopic (exact) mass is 269 g/mol. The fourth-order valence-corrected chi connectivity index (χ4v) is 1.58. The van der Waals surface area contributed by atoms with E-state index < -0.39 is 12.6 Å². The van der Waals surface area contributed by atoms with Gasteiger partial charge in [0.2, 0.25) is 0 Å². The number of ether oxygens (including phenoxy) is 2. The molecule has 1 rings (SSSR count). The first-order valence-corrected chi connectivity index (χ1v) is 5.72. The van der Waals surface area contributed by atoms with Crippen molar-refractivity contribution in [3.63, 3.8) is 0 Å². The Hall–Kier alpha value is -2.16. The lowest BCUT2D eigenvalue weighted by Gasteiger charge is -2.12. The second kappa shape index (κ2) is 6.69. The summed E-state index contributed by atoms with van der Waals surface area (Å²) in [5.74, 6) is -0.751. The van der Waals surface area contributed by atoms with E-state index in [9.17, 15) is 13.6 Å². The van der Waals surface area contributed by atoms with Crippen LogP contribution in [-0.4, -0.2) is 19.2 Å². The van der Waals surface area contributed by atoms with E-state index in [1.54, 1.807) is 19.9 Å². The average Bonchev–Trinajstić information content (AvgIpc) is 2.37. The zero-order valence-electron chi connectivity index (χ0n) is 10.6. The fraction of sp³-hybridized carbons (Fsp3) is 0.385. The van der Waals surface area contributed by atoms with Crippen molar-refractivity contribution in [1.82, 2.24) is 0 Å². The second-order valence-electron chi connectivity index (χ2n) is 3.57. The van der Waals surface area contributed by atoms with Gasteiger partial charge in [0.15, 0.2) is 0 Å². The van der Waals surface area contributed by atoms with Gasteiger partial charge >= 0.3 is 12.6 Å². The molecule has 0 saturated heterocycles. The van der Waals surface area contributed by atoms with Gasteiger partial charge in [-0.25, -0.2) is 4.79 Å². The molecule has 0 saturated carbocycles. The van der Waals surface area contributed by atoms with Crippen molar-refractivity contribution in [2.75, 3.05) is 6.61 Å². The summed E-state index contributed by atoms with van der Waals surface area (Å²) < 4.78 is 33.7. The zero-order valence-corrected chi connectivity index (χ0v) is 10.6. The minimum absolute atomic E-state index is 0.0497. The molecule has 0 unspecified atom stereocenters. The van der Waals surface area contributed by atoms with Crippen LogP contribution in [-0.2, 0) is 11.2 Å². The first-order valence-electron chi connectivity index (χ1n) is 5.72. The van der Waals surface area contributed by atoms with Crippen LogP contribution < -0.4 is 4.74 Å². The molecule has 0 amide bonds. The van der Waals surface area contributed by atoms with Crippen LogP contribution in [0.4, 0.5) is 8.78 Å². The highest BCUT2D eigenvalue weighted by Crippen LogP contribution is 2.26. The van der Waals surface area contributed by atoms with Gasteiger partial charge in [0, 0.05) is 0 Å². The highest BCUT2D eigenvalue weighted by molar-refractivity contribution is 5.92. The summed E-state index contributed by atoms with van der Waals surface area (Å²) >= 11 is 0. The van der Waals surface area contributed by atoms with Crippen molar-refractivity contribution in [3.05, 3.63) is 28.8 Å². The predicted molar refractivity (Wildman–Crippen MR) is 63.1 cm³/mol. The Morgan fingerprint density at radius 3 is 2.58 bits per heavy atom. The molecule has 0 atom stereocenters. The van der Waals surface area contributed by atoms with Gasteiger partial charge in [-0.15, -0.1) is 0 Å². The van der Waals surface area contributed by atoms with Crippen molar-refractivity contribution in [1.29, 1.82) is 5.26 Å². The first-order chi connectivity index (χ1) is 9.03. The van der Waals surface area contributed by atoms with E-state index in [-0.39, 0.29) is 23.5 Å². The van der Waals surface area contributed by atoms with Crippen LogP contribution in [0.2, 0.25) is 0 Å². The lowest BCUT2D eigenvalue weighted by Crippen LogP contribution is -2.10. The molecule has 0 radical (unpaired) electrons. The van der Waals surface area contributed by atoms with Crippen LogP contribution in [0.1, 0.15) is 35.3 Å². The number of carbonyl (C=O) groups is 1. The summed E-state index contributed by atoms with van der Waals surface area (Å²) in [5, 5.41) is 8.96. The van der Waals surface area contributed by atoms with Crippen LogP contribution in [0.25, 0.3) is 0 Å². The summed E-state index contributed by atoms with van der Waals surface area (Å²) in [6.45, 7) is 0.555. The third-order valence-corrected chi connectivity index (χ3v) is 2.41. The number of nitriles is 1. The van der Waals surface area contributed by atoms with E-state index in [2.05, 4.69) is 4.74 Å². The number of hydrogen-bond acceptors (Lipinski definition) is 4. The Morgan fingerprint density at radius 1 is 1.42 bits per heavy atom. The van der Waals surface area contributed by atoms with Crippen LogP contribution >= 0.6 is 0 Å². The van der Waals surface area contributed by atoms with Gasteiger partial charge in [-0.2, -0.15) is 14.0 Å². The summed E-state index contributed by atoms with van der Waals surface area (Å²) in [6.07, 6.45) is 0.389. The minimum atomic E-state index is -2.98. The Morgan fingerprint density at radius 2 is 2.11 bits per heavy atom. The van der Waals surface area contributed by atoms with Crippen molar-refractivity contribution in [2.45, 2.75) is 26.9 Å². The molecule has 1 aromatic rings. The smallest absolute Gasteiger partial charge is 0.387 e. The summed E-state index contributed by atoms with van der Waals surface area (Å²) in [7, 11) is 0. The lowest BCUT2D eigenvalue weighted by molar-refractivity contribution is -0.0504. The first kappa shape index (κ1) is 14.9. The van der Waals surface area contributed by atoms with Gasteiger partial charge in [-0.1, -0.05) is 6.92 Å². The third-order valence-electron chi connectivity index (χ3n) is 2.41. The number of esters is 1. The molecule has 0 N–H and O–H groups in total. The second-order valence-corrected chi connectivity index (χ2v) is 3.57. The maximum Gasteiger partial charge on any atom is 0.387 e. The highest BCUT2D eigenvalue weighted by atomic mass is 19.3. The number of hydrogen-bond donors (Lipinski definition) is 0. The molecule has 0 bridgehead atoms. The van der Waals surface area contributed by atoms with Crippen molar-refractivity contribution >= 4 is 5.97 Å². The Labute approximate surface area is 109 Å². The molecule has 0 aliphatic heterocycles. The van der Waals surface area contributed by atoms with Crippen LogP contribution in [0.15, 0.2) is 12.1 Å². The van der Waals surface area contributed by atoms with E-state index in [1.165, 1.54) is 6.07 Å². The molecule has 0 heterocycles. The molecule has 19 heavy (non-hydrogen) atoms. The molecule has 0 aliphatic carbocycles. The van der Waals surface area contributed by atoms with E-state index in [0.29, 0.717) is 12.0 Å². The number of aryl methyl sites for hydroxylation is 1. The number of alkyl halides is 2. The summed E-state index contributed by atoms with van der Waals surface area (Å²) in [5.41, 5.74) is 0.427. The third kappa shape index (κ3) is 3.65. The molecule has 4 nitrogen and oxygen atoms in total. The van der Waals surface area contributed by atoms with Crippen LogP contribution in [0.3, 0.4) is 0 Å². The van der Waals surface area contributed by atoms with Gasteiger partial charge in [0.1, 0.15) is 11.8 Å². The average molecular weight is 269 g/mol. The molecule has 1 aromatic carbocycles. The van der Waals surface area contributed by atoms with Crippen LogP contribution in [0.5, 0.6) is 5.75 Å². The summed E-state index contributed by atoms with van der Waals surface area (Å²) in [6, 6.07) is 4.27. The van der Waals surface area contributed by atoms with Crippen molar-refractivity contribution in [2.24, 2.45) is 0 Å². The Bertz CT molecular complexity index is 509. The number of rotatable bonds is 5. The molecule has 0 aliphatic rings. The largest absolute Gasteiger partial charge is 0.462 e. The standard InChI is InChI=1S/C13H13F2NO3/c1-3-8-5-10(12(17)18-4-2)9(7-16)6-11(8)19-13(14)15/h5-6,13H,3-4H2,1-2H3. The minimum Gasteiger partial charge on any atom is -0.462 e. The Balaban J connectivity index is 3.27. The van der Waals surface area contributed by atoms with Crippen LogP contribution in [0, 0.1) is 11.3 Å². The quantitative estimate of drug-likeness (QED) is 0.771. The highest BCUT2D eigenvalue weighted by Gasteiger charge is 2.18. The SMILES string of the molecule is CCOC(=O)c1cc(CC)c(OC(F)F)cc1C#N. The molecule has 0 aromatic heterocycles. The predicted octanol–water partition coefficient (Wildman–Crippen LogP) is 2.90. The van der Waals surface area contributed by atoms with Crippen molar-refractivity contribution in [3.8, 4) is 11.8 Å². The summed E-state index contributed by atoms with van der Waals surface area (Å²) in [4.78, 5) is 11.7.